The van der Waals surface area contributed by atoms with E-state index in [4.69, 9.17) is 5.73 Å². The van der Waals surface area contributed by atoms with Crippen molar-refractivity contribution in [3.8, 4) is 0 Å². The van der Waals surface area contributed by atoms with Gasteiger partial charge >= 0.3 is 0 Å². The maximum Gasteiger partial charge on any atom is 0.259 e. The Morgan fingerprint density at radius 1 is 1.56 bits per heavy atom. The highest BCUT2D eigenvalue weighted by Gasteiger charge is 2.30. The van der Waals surface area contributed by atoms with E-state index in [1.165, 1.54) is 0 Å². The third-order valence-corrected chi connectivity index (χ3v) is 4.81. The van der Waals surface area contributed by atoms with Gasteiger partial charge in [-0.25, -0.2) is 18.1 Å². The number of hydrogen-bond acceptors (Lipinski definition) is 4. The predicted molar refractivity (Wildman–Crippen MR) is 68.6 cm³/mol. The fourth-order valence-corrected chi connectivity index (χ4v) is 3.65. The van der Waals surface area contributed by atoms with Gasteiger partial charge in [-0.2, -0.15) is 0 Å². The number of rotatable bonds is 4. The molecule has 0 spiro atoms. The first-order valence-corrected chi connectivity index (χ1v) is 7.74. The van der Waals surface area contributed by atoms with Crippen LogP contribution in [0, 0.1) is 6.92 Å². The monoisotopic (exact) mass is 272 g/mol. The van der Waals surface area contributed by atoms with Gasteiger partial charge < -0.3 is 10.3 Å². The van der Waals surface area contributed by atoms with E-state index in [2.05, 4.69) is 9.71 Å². The Hall–Kier alpha value is -0.920. The Labute approximate surface area is 108 Å². The van der Waals surface area contributed by atoms with Crippen LogP contribution in [0.25, 0.3) is 0 Å². The summed E-state index contributed by atoms with van der Waals surface area (Å²) in [6, 6.07) is -0.254. The topological polar surface area (TPSA) is 90.0 Å². The lowest BCUT2D eigenvalue weighted by Crippen LogP contribution is -2.43. The molecule has 0 saturated heterocycles. The molecule has 0 aromatic carbocycles. The lowest BCUT2D eigenvalue weighted by atomic mass is 10.2. The molecule has 0 radical (unpaired) electrons. The largest absolute Gasteiger partial charge is 0.334 e. The molecule has 0 aliphatic heterocycles. The number of sulfonamides is 1. The summed E-state index contributed by atoms with van der Waals surface area (Å²) in [6.45, 7) is 4.45. The van der Waals surface area contributed by atoms with Crippen LogP contribution in [-0.2, 0) is 16.6 Å². The van der Waals surface area contributed by atoms with Crippen LogP contribution < -0.4 is 10.5 Å². The first-order valence-electron chi connectivity index (χ1n) is 6.25. The average Bonchev–Trinajstić information content (AvgIpc) is 2.86. The summed E-state index contributed by atoms with van der Waals surface area (Å²) in [6.07, 6.45) is 4.21. The standard InChI is InChI=1S/C11H20N4O2S/c1-3-15-7-11(13-8(15)2)18(16,17)14-10-6-4-5-9(10)12/h7,9-10,14H,3-6,12H2,1-2H3. The molecule has 1 aliphatic carbocycles. The smallest absolute Gasteiger partial charge is 0.259 e. The van der Waals surface area contributed by atoms with Crippen LogP contribution in [0.3, 0.4) is 0 Å². The van der Waals surface area contributed by atoms with Crippen molar-refractivity contribution >= 4 is 10.0 Å². The fraction of sp³-hybridized carbons (Fsp3) is 0.727. The summed E-state index contributed by atoms with van der Waals surface area (Å²) in [5.41, 5.74) is 5.87. The van der Waals surface area contributed by atoms with Gasteiger partial charge in [-0.1, -0.05) is 6.42 Å². The maximum absolute atomic E-state index is 12.2. The number of nitrogens with zero attached hydrogens (tertiary/aromatic N) is 2. The van der Waals surface area contributed by atoms with Crippen LogP contribution in [-0.4, -0.2) is 30.1 Å². The lowest BCUT2D eigenvalue weighted by molar-refractivity contribution is 0.520. The highest BCUT2D eigenvalue weighted by Crippen LogP contribution is 2.19. The van der Waals surface area contributed by atoms with Crippen molar-refractivity contribution in [1.82, 2.24) is 14.3 Å². The minimum absolute atomic E-state index is 0.0842. The van der Waals surface area contributed by atoms with Crippen LogP contribution in [0.5, 0.6) is 0 Å². The number of nitrogens with two attached hydrogens (primary N) is 1. The van der Waals surface area contributed by atoms with E-state index in [0.29, 0.717) is 12.4 Å². The van der Waals surface area contributed by atoms with Gasteiger partial charge in [0, 0.05) is 24.8 Å². The molecule has 2 unspecified atom stereocenters. The molecule has 102 valence electrons. The van der Waals surface area contributed by atoms with Crippen molar-refractivity contribution in [1.29, 1.82) is 0 Å². The van der Waals surface area contributed by atoms with E-state index in [9.17, 15) is 8.42 Å². The third kappa shape index (κ3) is 2.57. The highest BCUT2D eigenvalue weighted by molar-refractivity contribution is 7.89. The number of imidazole rings is 1. The van der Waals surface area contributed by atoms with E-state index in [-0.39, 0.29) is 17.1 Å². The van der Waals surface area contributed by atoms with Crippen molar-refractivity contribution in [3.05, 3.63) is 12.0 Å². The van der Waals surface area contributed by atoms with E-state index in [0.717, 1.165) is 19.3 Å². The number of nitrogens with one attached hydrogen (secondary N) is 1. The second kappa shape index (κ2) is 4.99. The molecule has 2 atom stereocenters. The molecule has 3 N–H and O–H groups in total. The zero-order valence-electron chi connectivity index (χ0n) is 10.8. The summed E-state index contributed by atoms with van der Waals surface area (Å²) in [7, 11) is -3.55. The molecule has 2 rings (SSSR count). The second-order valence-corrected chi connectivity index (χ2v) is 6.40. The minimum Gasteiger partial charge on any atom is -0.334 e. The number of aryl methyl sites for hydroxylation is 2. The van der Waals surface area contributed by atoms with E-state index in [1.54, 1.807) is 13.1 Å². The van der Waals surface area contributed by atoms with E-state index in [1.807, 2.05) is 11.5 Å². The van der Waals surface area contributed by atoms with Gasteiger partial charge in [0.15, 0.2) is 5.03 Å². The lowest BCUT2D eigenvalue weighted by Gasteiger charge is -2.16. The maximum atomic E-state index is 12.2. The van der Waals surface area contributed by atoms with Gasteiger partial charge in [0.05, 0.1) is 0 Å². The van der Waals surface area contributed by atoms with Crippen molar-refractivity contribution < 1.29 is 8.42 Å². The summed E-state index contributed by atoms with van der Waals surface area (Å²) in [4.78, 5) is 4.09. The summed E-state index contributed by atoms with van der Waals surface area (Å²) < 4.78 is 28.8. The normalized spacial score (nSPS) is 24.6. The Morgan fingerprint density at radius 2 is 2.28 bits per heavy atom. The molecule has 1 saturated carbocycles. The molecule has 0 amide bonds. The van der Waals surface area contributed by atoms with E-state index >= 15 is 0 Å². The summed E-state index contributed by atoms with van der Waals surface area (Å²) in [5, 5.41) is 0.0842. The first kappa shape index (κ1) is 13.5. The zero-order valence-corrected chi connectivity index (χ0v) is 11.6. The van der Waals surface area contributed by atoms with Crippen molar-refractivity contribution in [2.75, 3.05) is 0 Å². The zero-order chi connectivity index (χ0) is 13.3. The van der Waals surface area contributed by atoms with Gasteiger partial charge in [0.1, 0.15) is 5.82 Å². The Kier molecular flexibility index (Phi) is 3.74. The number of hydrogen-bond donors (Lipinski definition) is 2. The average molecular weight is 272 g/mol. The van der Waals surface area contributed by atoms with Gasteiger partial charge in [-0.3, -0.25) is 0 Å². The first-order chi connectivity index (χ1) is 8.44. The van der Waals surface area contributed by atoms with Crippen molar-refractivity contribution in [3.63, 3.8) is 0 Å². The Balaban J connectivity index is 2.19. The summed E-state index contributed by atoms with van der Waals surface area (Å²) >= 11 is 0. The molecule has 18 heavy (non-hydrogen) atoms. The number of aromatic nitrogens is 2. The summed E-state index contributed by atoms with van der Waals surface area (Å²) in [5.74, 6) is 0.702. The molecule has 7 heteroatoms. The third-order valence-electron chi connectivity index (χ3n) is 3.45. The minimum atomic E-state index is -3.55. The molecule has 1 aliphatic rings. The van der Waals surface area contributed by atoms with Crippen LogP contribution in [0.4, 0.5) is 0 Å². The SMILES string of the molecule is CCn1cc(S(=O)(=O)NC2CCCC2N)nc1C. The van der Waals surface area contributed by atoms with Crippen LogP contribution >= 0.6 is 0 Å². The molecular formula is C11H20N4O2S. The second-order valence-electron chi connectivity index (χ2n) is 4.73. The molecule has 1 aromatic rings. The van der Waals surface area contributed by atoms with Gasteiger partial charge in [0.2, 0.25) is 0 Å². The van der Waals surface area contributed by atoms with Gasteiger partial charge in [0.25, 0.3) is 10.0 Å². The molecular weight excluding hydrogens is 252 g/mol. The van der Waals surface area contributed by atoms with Crippen molar-refractivity contribution in [2.24, 2.45) is 5.73 Å². The fourth-order valence-electron chi connectivity index (χ4n) is 2.32. The predicted octanol–water partition coefficient (Wildman–Crippen LogP) is 0.370. The quantitative estimate of drug-likeness (QED) is 0.828. The van der Waals surface area contributed by atoms with Gasteiger partial charge in [-0.05, 0) is 26.7 Å². The van der Waals surface area contributed by atoms with Crippen LogP contribution in [0.15, 0.2) is 11.2 Å². The highest BCUT2D eigenvalue weighted by atomic mass is 32.2. The Morgan fingerprint density at radius 3 is 2.78 bits per heavy atom. The van der Waals surface area contributed by atoms with Gasteiger partial charge in [-0.15, -0.1) is 0 Å². The molecule has 0 bridgehead atoms. The van der Waals surface area contributed by atoms with Crippen LogP contribution in [0.1, 0.15) is 32.0 Å². The van der Waals surface area contributed by atoms with Crippen LogP contribution in [0.2, 0.25) is 0 Å². The molecule has 6 nitrogen and oxygen atoms in total. The van der Waals surface area contributed by atoms with E-state index < -0.39 is 10.0 Å². The molecule has 1 heterocycles. The molecule has 1 aromatic heterocycles. The van der Waals surface area contributed by atoms with Crippen molar-refractivity contribution in [2.45, 2.75) is 56.8 Å². The Bertz CT molecular complexity index is 523. The molecule has 1 fully saturated rings.